The summed E-state index contributed by atoms with van der Waals surface area (Å²) in [4.78, 5) is 29.6. The number of carbonyl (C=O) groups is 2. The van der Waals surface area contributed by atoms with Gasteiger partial charge in [-0.2, -0.15) is 0 Å². The maximum atomic E-state index is 12.6. The van der Waals surface area contributed by atoms with Gasteiger partial charge in [0.05, 0.1) is 18.1 Å². The van der Waals surface area contributed by atoms with E-state index in [0.29, 0.717) is 34.1 Å². The van der Waals surface area contributed by atoms with Crippen molar-refractivity contribution in [1.82, 2.24) is 0 Å². The summed E-state index contributed by atoms with van der Waals surface area (Å²) in [6.07, 6.45) is 6.92. The quantitative estimate of drug-likeness (QED) is 0.431. The first kappa shape index (κ1) is 24.7. The molecule has 7 nitrogen and oxygen atoms in total. The Balaban J connectivity index is 1.99. The van der Waals surface area contributed by atoms with Crippen LogP contribution in [0.5, 0.6) is 11.5 Å². The first-order chi connectivity index (χ1) is 16.5. The zero-order valence-electron chi connectivity index (χ0n) is 18.7. The SMILES string of the molecule is C#CCOc1ccc(/C=C2\SC(=NC(=O)c3ccccc3)C(C(=O)OCC)=C2O)cc1OCC. The number of rotatable bonds is 8. The van der Waals surface area contributed by atoms with Crippen LogP contribution >= 0.6 is 11.8 Å². The Kier molecular flexibility index (Phi) is 8.54. The van der Waals surface area contributed by atoms with E-state index >= 15 is 0 Å². The minimum absolute atomic E-state index is 0.0649. The molecule has 0 saturated carbocycles. The molecule has 2 aromatic rings. The average Bonchev–Trinajstić information content (AvgIpc) is 3.13. The van der Waals surface area contributed by atoms with Gasteiger partial charge in [-0.1, -0.05) is 41.9 Å². The molecule has 1 aliphatic rings. The van der Waals surface area contributed by atoms with Crippen molar-refractivity contribution in [2.24, 2.45) is 4.99 Å². The summed E-state index contributed by atoms with van der Waals surface area (Å²) in [6, 6.07) is 13.6. The number of nitrogens with zero attached hydrogens (tertiary/aromatic N) is 1. The fraction of sp³-hybridized carbons (Fsp3) is 0.192. The van der Waals surface area contributed by atoms with Crippen molar-refractivity contribution in [3.8, 4) is 23.8 Å². The normalized spacial score (nSPS) is 15.3. The summed E-state index contributed by atoms with van der Waals surface area (Å²) in [5.41, 5.74) is 0.880. The van der Waals surface area contributed by atoms with E-state index in [0.717, 1.165) is 11.8 Å². The lowest BCUT2D eigenvalue weighted by Crippen LogP contribution is -2.14. The molecule has 0 aliphatic carbocycles. The van der Waals surface area contributed by atoms with Crippen LogP contribution in [-0.4, -0.2) is 41.8 Å². The van der Waals surface area contributed by atoms with Gasteiger partial charge in [0.1, 0.15) is 23.0 Å². The molecule has 1 aliphatic heterocycles. The number of terminal acetylenes is 1. The number of benzene rings is 2. The van der Waals surface area contributed by atoms with Gasteiger partial charge in [0, 0.05) is 5.56 Å². The van der Waals surface area contributed by atoms with Crippen LogP contribution in [-0.2, 0) is 9.53 Å². The van der Waals surface area contributed by atoms with Crippen LogP contribution in [0.3, 0.4) is 0 Å². The molecule has 1 amide bonds. The second kappa shape index (κ2) is 11.8. The molecule has 174 valence electrons. The zero-order valence-corrected chi connectivity index (χ0v) is 19.6. The topological polar surface area (TPSA) is 94.4 Å². The number of hydrogen-bond donors (Lipinski definition) is 1. The highest BCUT2D eigenvalue weighted by Gasteiger charge is 2.34. The van der Waals surface area contributed by atoms with E-state index in [1.807, 2.05) is 6.92 Å². The molecule has 0 radical (unpaired) electrons. The van der Waals surface area contributed by atoms with E-state index in [1.54, 1.807) is 61.5 Å². The molecule has 34 heavy (non-hydrogen) atoms. The van der Waals surface area contributed by atoms with Crippen LogP contribution in [0.25, 0.3) is 6.08 Å². The minimum Gasteiger partial charge on any atom is -0.506 e. The standard InChI is InChI=1S/C26H23NO6S/c1-4-14-33-19-13-12-17(15-20(19)31-5-2)16-21-23(28)22(26(30)32-6-3)25(34-21)27-24(29)18-10-8-7-9-11-18/h1,7-13,15-16,28H,5-6,14H2,2-3H3/b21-16-,27-25?. The van der Waals surface area contributed by atoms with E-state index in [-0.39, 0.29) is 29.6 Å². The third-order valence-electron chi connectivity index (χ3n) is 4.47. The van der Waals surface area contributed by atoms with Gasteiger partial charge in [-0.15, -0.1) is 6.42 Å². The predicted molar refractivity (Wildman–Crippen MR) is 132 cm³/mol. The summed E-state index contributed by atoms with van der Waals surface area (Å²) >= 11 is 1.00. The molecule has 0 saturated heterocycles. The number of thioether (sulfide) groups is 1. The summed E-state index contributed by atoms with van der Waals surface area (Å²) < 4.78 is 16.2. The second-order valence-electron chi connectivity index (χ2n) is 6.77. The van der Waals surface area contributed by atoms with Gasteiger partial charge in [-0.05, 0) is 49.8 Å². The molecular formula is C26H23NO6S. The number of aliphatic imine (C=N–C) groups is 1. The van der Waals surface area contributed by atoms with Crippen molar-refractivity contribution >= 4 is 34.8 Å². The van der Waals surface area contributed by atoms with E-state index < -0.39 is 11.9 Å². The molecule has 2 aromatic carbocycles. The van der Waals surface area contributed by atoms with Crippen LogP contribution in [0.1, 0.15) is 29.8 Å². The Morgan fingerprint density at radius 1 is 1.09 bits per heavy atom. The van der Waals surface area contributed by atoms with Crippen molar-refractivity contribution in [2.45, 2.75) is 13.8 Å². The molecule has 0 bridgehead atoms. The molecule has 0 atom stereocenters. The average molecular weight is 478 g/mol. The molecular weight excluding hydrogens is 454 g/mol. The highest BCUT2D eigenvalue weighted by Crippen LogP contribution is 2.40. The number of hydrogen-bond acceptors (Lipinski definition) is 7. The van der Waals surface area contributed by atoms with Gasteiger partial charge in [-0.25, -0.2) is 9.79 Å². The number of amides is 1. The summed E-state index contributed by atoms with van der Waals surface area (Å²) in [5, 5.41) is 10.9. The number of aliphatic hydroxyl groups is 1. The summed E-state index contributed by atoms with van der Waals surface area (Å²) in [5.74, 6) is 1.77. The van der Waals surface area contributed by atoms with E-state index in [4.69, 9.17) is 20.6 Å². The van der Waals surface area contributed by atoms with Gasteiger partial charge in [0.15, 0.2) is 11.5 Å². The molecule has 0 spiro atoms. The Morgan fingerprint density at radius 3 is 2.53 bits per heavy atom. The minimum atomic E-state index is -0.761. The maximum absolute atomic E-state index is 12.6. The lowest BCUT2D eigenvalue weighted by atomic mass is 10.1. The highest BCUT2D eigenvalue weighted by atomic mass is 32.2. The van der Waals surface area contributed by atoms with Crippen molar-refractivity contribution in [2.75, 3.05) is 19.8 Å². The lowest BCUT2D eigenvalue weighted by Gasteiger charge is -2.11. The van der Waals surface area contributed by atoms with Crippen molar-refractivity contribution in [3.63, 3.8) is 0 Å². The molecule has 1 heterocycles. The number of aliphatic hydroxyl groups excluding tert-OH is 1. The van der Waals surface area contributed by atoms with Crippen LogP contribution in [0, 0.1) is 12.3 Å². The predicted octanol–water partition coefficient (Wildman–Crippen LogP) is 4.80. The molecule has 0 unspecified atom stereocenters. The van der Waals surface area contributed by atoms with Crippen LogP contribution in [0.15, 0.2) is 69.8 Å². The first-order valence-electron chi connectivity index (χ1n) is 10.5. The van der Waals surface area contributed by atoms with Crippen molar-refractivity contribution < 1.29 is 28.9 Å². The fourth-order valence-corrected chi connectivity index (χ4v) is 4.01. The van der Waals surface area contributed by atoms with Gasteiger partial charge in [-0.3, -0.25) is 4.79 Å². The highest BCUT2D eigenvalue weighted by molar-refractivity contribution is 8.18. The third kappa shape index (κ3) is 5.88. The lowest BCUT2D eigenvalue weighted by molar-refractivity contribution is -0.138. The van der Waals surface area contributed by atoms with E-state index in [9.17, 15) is 14.7 Å². The first-order valence-corrected chi connectivity index (χ1v) is 11.3. The number of esters is 1. The smallest absolute Gasteiger partial charge is 0.344 e. The van der Waals surface area contributed by atoms with Crippen molar-refractivity contribution in [1.29, 1.82) is 0 Å². The second-order valence-corrected chi connectivity index (χ2v) is 7.81. The Morgan fingerprint density at radius 2 is 1.85 bits per heavy atom. The third-order valence-corrected chi connectivity index (χ3v) is 5.49. The number of carbonyl (C=O) groups excluding carboxylic acids is 2. The maximum Gasteiger partial charge on any atom is 0.344 e. The molecule has 8 heteroatoms. The number of ether oxygens (including phenoxy) is 3. The van der Waals surface area contributed by atoms with Gasteiger partial charge >= 0.3 is 5.97 Å². The molecule has 0 aromatic heterocycles. The fourth-order valence-electron chi connectivity index (χ4n) is 3.00. The summed E-state index contributed by atoms with van der Waals surface area (Å²) in [7, 11) is 0. The monoisotopic (exact) mass is 477 g/mol. The molecule has 3 rings (SSSR count). The zero-order chi connectivity index (χ0) is 24.5. The Hall–Kier alpha value is -3.96. The van der Waals surface area contributed by atoms with Crippen LogP contribution in [0.2, 0.25) is 0 Å². The summed E-state index contributed by atoms with van der Waals surface area (Å²) in [6.45, 7) is 4.11. The molecule has 1 N–H and O–H groups in total. The van der Waals surface area contributed by atoms with Gasteiger partial charge < -0.3 is 19.3 Å². The van der Waals surface area contributed by atoms with Crippen LogP contribution in [0.4, 0.5) is 0 Å². The van der Waals surface area contributed by atoms with E-state index in [2.05, 4.69) is 10.9 Å². The largest absolute Gasteiger partial charge is 0.506 e. The Bertz CT molecular complexity index is 1210. The van der Waals surface area contributed by atoms with Crippen LogP contribution < -0.4 is 9.47 Å². The van der Waals surface area contributed by atoms with Crippen molar-refractivity contribution in [3.05, 3.63) is 75.9 Å². The molecule has 0 fully saturated rings. The van der Waals surface area contributed by atoms with E-state index in [1.165, 1.54) is 0 Å². The van der Waals surface area contributed by atoms with Gasteiger partial charge in [0.2, 0.25) is 0 Å². The van der Waals surface area contributed by atoms with Gasteiger partial charge in [0.25, 0.3) is 5.91 Å². The Labute approximate surface area is 202 Å².